The quantitative estimate of drug-likeness (QED) is 0.174. The zero-order valence-electron chi connectivity index (χ0n) is 17.1. The maximum atomic E-state index is 12.1. The number of benzene rings is 3. The number of guanidine groups is 1. The highest BCUT2D eigenvalue weighted by Gasteiger charge is 2.05. The molecule has 3 aromatic rings. The normalized spacial score (nSPS) is 10.5. The average molecular weight is 532 g/mol. The molecule has 7 nitrogen and oxygen atoms in total. The first-order valence-electron chi connectivity index (χ1n) is 9.46. The molecule has 0 aliphatic rings. The van der Waals surface area contributed by atoms with Crippen LogP contribution in [-0.2, 0) is 0 Å². The van der Waals surface area contributed by atoms with Crippen LogP contribution in [0.25, 0.3) is 0 Å². The van der Waals surface area contributed by atoms with E-state index in [2.05, 4.69) is 15.6 Å². The molecule has 0 radical (unpaired) electrons. The molecule has 0 aromatic heterocycles. The fraction of sp³-hybridized carbons (Fsp3) is 0.130. The molecule has 0 aliphatic carbocycles. The Morgan fingerprint density at radius 2 is 1.65 bits per heavy atom. The van der Waals surface area contributed by atoms with Crippen LogP contribution in [0.4, 0.5) is 5.69 Å². The van der Waals surface area contributed by atoms with Crippen molar-refractivity contribution in [1.82, 2.24) is 5.32 Å². The number of nitrogens with zero attached hydrogens (tertiary/aromatic N) is 1. The number of aliphatic imine (C=N–C) groups is 1. The third-order valence-electron chi connectivity index (χ3n) is 4.12. The maximum Gasteiger partial charge on any atom is 0.251 e. The van der Waals surface area contributed by atoms with Gasteiger partial charge in [-0.3, -0.25) is 9.79 Å². The Kier molecular flexibility index (Phi) is 9.63. The van der Waals surface area contributed by atoms with E-state index in [0.717, 1.165) is 11.4 Å². The Morgan fingerprint density at radius 3 is 2.35 bits per heavy atom. The van der Waals surface area contributed by atoms with Crippen LogP contribution in [0.2, 0.25) is 0 Å². The summed E-state index contributed by atoms with van der Waals surface area (Å²) in [6, 6.07) is 23.8. The van der Waals surface area contributed by atoms with Crippen molar-refractivity contribution in [3.05, 3.63) is 84.4 Å². The number of anilines is 1. The average Bonchev–Trinajstić information content (AvgIpc) is 2.77. The molecule has 0 fully saturated rings. The summed E-state index contributed by atoms with van der Waals surface area (Å²) < 4.78 is 10.9. The van der Waals surface area contributed by atoms with Gasteiger partial charge in [-0.1, -0.05) is 24.3 Å². The molecular weight excluding hydrogens is 507 g/mol. The van der Waals surface area contributed by atoms with E-state index in [0.29, 0.717) is 30.2 Å². The SMILES string of the molecule is COc1ccc(C(=O)NCCN=C(N)Nc2cccc(Oc3ccccc3)c2)cc1.I. The molecule has 3 rings (SSSR count). The smallest absolute Gasteiger partial charge is 0.251 e. The van der Waals surface area contributed by atoms with E-state index in [1.165, 1.54) is 0 Å². The Labute approximate surface area is 198 Å². The van der Waals surface area contributed by atoms with Gasteiger partial charge in [0, 0.05) is 23.9 Å². The van der Waals surface area contributed by atoms with Crippen LogP contribution in [0.1, 0.15) is 10.4 Å². The lowest BCUT2D eigenvalue weighted by Gasteiger charge is -2.09. The molecule has 0 aliphatic heterocycles. The topological polar surface area (TPSA) is 98.0 Å². The predicted octanol–water partition coefficient (Wildman–Crippen LogP) is 4.26. The lowest BCUT2D eigenvalue weighted by molar-refractivity contribution is 0.0955. The van der Waals surface area contributed by atoms with Crippen molar-refractivity contribution in [2.45, 2.75) is 0 Å². The minimum Gasteiger partial charge on any atom is -0.497 e. The van der Waals surface area contributed by atoms with Crippen molar-refractivity contribution >= 4 is 41.5 Å². The van der Waals surface area contributed by atoms with Gasteiger partial charge in [0.1, 0.15) is 17.2 Å². The number of rotatable bonds is 8. The number of methoxy groups -OCH3 is 1. The molecule has 0 atom stereocenters. The summed E-state index contributed by atoms with van der Waals surface area (Å²) >= 11 is 0. The first-order valence-corrected chi connectivity index (χ1v) is 9.46. The first kappa shape index (κ1) is 24.0. The first-order chi connectivity index (χ1) is 14.6. The van der Waals surface area contributed by atoms with Crippen LogP contribution in [0.15, 0.2) is 83.9 Å². The van der Waals surface area contributed by atoms with E-state index in [1.807, 2.05) is 54.6 Å². The summed E-state index contributed by atoms with van der Waals surface area (Å²) in [4.78, 5) is 16.3. The van der Waals surface area contributed by atoms with Gasteiger partial charge in [-0.2, -0.15) is 0 Å². The molecule has 0 saturated carbocycles. The van der Waals surface area contributed by atoms with Gasteiger partial charge in [0.15, 0.2) is 5.96 Å². The number of nitrogens with two attached hydrogens (primary N) is 1. The van der Waals surface area contributed by atoms with Crippen molar-refractivity contribution in [2.75, 3.05) is 25.5 Å². The fourth-order valence-electron chi connectivity index (χ4n) is 2.64. The molecular formula is C23H25IN4O3. The van der Waals surface area contributed by atoms with E-state index in [4.69, 9.17) is 15.2 Å². The molecule has 8 heteroatoms. The summed E-state index contributed by atoms with van der Waals surface area (Å²) in [5.41, 5.74) is 7.25. The van der Waals surface area contributed by atoms with Gasteiger partial charge in [-0.05, 0) is 48.5 Å². The molecule has 0 saturated heterocycles. The number of halogens is 1. The van der Waals surface area contributed by atoms with Gasteiger partial charge >= 0.3 is 0 Å². The van der Waals surface area contributed by atoms with Gasteiger partial charge in [-0.15, -0.1) is 24.0 Å². The minimum absolute atomic E-state index is 0. The van der Waals surface area contributed by atoms with Gasteiger partial charge in [0.05, 0.1) is 13.7 Å². The predicted molar refractivity (Wildman–Crippen MR) is 134 cm³/mol. The number of nitrogens with one attached hydrogen (secondary N) is 2. The van der Waals surface area contributed by atoms with E-state index in [-0.39, 0.29) is 35.8 Å². The van der Waals surface area contributed by atoms with Gasteiger partial charge in [0.2, 0.25) is 0 Å². The Morgan fingerprint density at radius 1 is 0.935 bits per heavy atom. The Balaban J connectivity index is 0.00000341. The van der Waals surface area contributed by atoms with Crippen molar-refractivity contribution in [1.29, 1.82) is 0 Å². The van der Waals surface area contributed by atoms with Crippen molar-refractivity contribution < 1.29 is 14.3 Å². The van der Waals surface area contributed by atoms with Crippen molar-refractivity contribution in [3.63, 3.8) is 0 Å². The van der Waals surface area contributed by atoms with Crippen LogP contribution >= 0.6 is 24.0 Å². The zero-order chi connectivity index (χ0) is 21.2. The van der Waals surface area contributed by atoms with Crippen molar-refractivity contribution in [2.24, 2.45) is 10.7 Å². The highest BCUT2D eigenvalue weighted by atomic mass is 127. The number of amides is 1. The highest BCUT2D eigenvalue weighted by Crippen LogP contribution is 2.23. The summed E-state index contributed by atoms with van der Waals surface area (Å²) in [6.07, 6.45) is 0. The standard InChI is InChI=1S/C23H24N4O3.HI/c1-29-19-12-10-17(11-13-19)22(28)25-14-15-26-23(24)27-18-6-5-9-21(16-18)30-20-7-3-2-4-8-20;/h2-13,16H,14-15H2,1H3,(H,25,28)(H3,24,26,27);1H. The van der Waals surface area contributed by atoms with Crippen molar-refractivity contribution in [3.8, 4) is 17.2 Å². The molecule has 4 N–H and O–H groups in total. The van der Waals surface area contributed by atoms with Crippen LogP contribution in [-0.4, -0.2) is 32.1 Å². The van der Waals surface area contributed by atoms with E-state index < -0.39 is 0 Å². The number of para-hydroxylation sites is 1. The molecule has 0 unspecified atom stereocenters. The van der Waals surface area contributed by atoms with Gasteiger partial charge < -0.3 is 25.8 Å². The summed E-state index contributed by atoms with van der Waals surface area (Å²) in [5.74, 6) is 2.22. The molecule has 162 valence electrons. The Hall–Kier alpha value is -3.27. The number of ether oxygens (including phenoxy) is 2. The number of carbonyl (C=O) groups excluding carboxylic acids is 1. The number of hydrogen-bond acceptors (Lipinski definition) is 4. The molecule has 31 heavy (non-hydrogen) atoms. The van der Waals surface area contributed by atoms with Crippen LogP contribution in [0, 0.1) is 0 Å². The third-order valence-corrected chi connectivity index (χ3v) is 4.12. The van der Waals surface area contributed by atoms with Gasteiger partial charge in [-0.25, -0.2) is 0 Å². The second kappa shape index (κ2) is 12.4. The van der Waals surface area contributed by atoms with E-state index in [9.17, 15) is 4.79 Å². The third kappa shape index (κ3) is 7.82. The lowest BCUT2D eigenvalue weighted by Crippen LogP contribution is -2.28. The minimum atomic E-state index is -0.176. The number of hydrogen-bond donors (Lipinski definition) is 3. The van der Waals surface area contributed by atoms with Crippen LogP contribution < -0.4 is 25.8 Å². The summed E-state index contributed by atoms with van der Waals surface area (Å²) in [5, 5.41) is 5.82. The zero-order valence-corrected chi connectivity index (χ0v) is 19.4. The largest absolute Gasteiger partial charge is 0.497 e. The lowest BCUT2D eigenvalue weighted by atomic mass is 10.2. The molecule has 1 amide bonds. The fourth-order valence-corrected chi connectivity index (χ4v) is 2.64. The van der Waals surface area contributed by atoms with Crippen LogP contribution in [0.5, 0.6) is 17.2 Å². The van der Waals surface area contributed by atoms with E-state index >= 15 is 0 Å². The van der Waals surface area contributed by atoms with Gasteiger partial charge in [0.25, 0.3) is 5.91 Å². The molecule has 0 heterocycles. The monoisotopic (exact) mass is 532 g/mol. The Bertz CT molecular complexity index is 995. The number of carbonyl (C=O) groups is 1. The van der Waals surface area contributed by atoms with E-state index in [1.54, 1.807) is 31.4 Å². The molecule has 3 aromatic carbocycles. The highest BCUT2D eigenvalue weighted by molar-refractivity contribution is 14.0. The summed E-state index contributed by atoms with van der Waals surface area (Å²) in [6.45, 7) is 0.714. The summed E-state index contributed by atoms with van der Waals surface area (Å²) in [7, 11) is 1.58. The maximum absolute atomic E-state index is 12.1. The van der Waals surface area contributed by atoms with Crippen LogP contribution in [0.3, 0.4) is 0 Å². The molecule has 0 bridgehead atoms. The second-order valence-electron chi connectivity index (χ2n) is 6.32. The molecule has 0 spiro atoms. The second-order valence-corrected chi connectivity index (χ2v) is 6.32.